The minimum atomic E-state index is -1.32. The molecule has 88 valence electrons. The average molecular weight is 251 g/mol. The Morgan fingerprint density at radius 2 is 2.06 bits per heavy atom. The van der Waals surface area contributed by atoms with Gasteiger partial charge < -0.3 is 9.90 Å². The topological polar surface area (TPSA) is 57.9 Å². The molecule has 1 aromatic carbocycles. The third-order valence-electron chi connectivity index (χ3n) is 2.21. The van der Waals surface area contributed by atoms with Gasteiger partial charge in [0.1, 0.15) is 5.82 Å². The van der Waals surface area contributed by atoms with E-state index in [4.69, 9.17) is 0 Å². The van der Waals surface area contributed by atoms with Crippen LogP contribution >= 0.6 is 11.8 Å². The van der Waals surface area contributed by atoms with Gasteiger partial charge in [-0.25, -0.2) is 9.37 Å². The van der Waals surface area contributed by atoms with Crippen molar-refractivity contribution < 1.29 is 14.3 Å². The quantitative estimate of drug-likeness (QED) is 0.766. The Bertz CT molecular complexity index is 551. The Morgan fingerprint density at radius 1 is 1.41 bits per heavy atom. The predicted molar refractivity (Wildman–Crippen MR) is 59.6 cm³/mol. The lowest BCUT2D eigenvalue weighted by Gasteiger charge is -2.11. The van der Waals surface area contributed by atoms with Crippen LogP contribution in [0.1, 0.15) is 10.5 Å². The highest BCUT2D eigenvalue weighted by molar-refractivity contribution is 7.98. The lowest BCUT2D eigenvalue weighted by atomic mass is 10.3. The number of rotatable bonds is 3. The molecule has 1 aromatic heterocycles. The molecule has 2 rings (SSSR count). The van der Waals surface area contributed by atoms with Gasteiger partial charge in [-0.3, -0.25) is 4.57 Å². The number of carboxylic acid groups (broad SMARTS) is 1. The Labute approximate surface area is 101 Å². The average Bonchev–Trinajstić information content (AvgIpc) is 2.73. The first-order valence-electron chi connectivity index (χ1n) is 4.72. The first kappa shape index (κ1) is 11.7. The van der Waals surface area contributed by atoms with Gasteiger partial charge in [-0.2, -0.15) is 0 Å². The minimum Gasteiger partial charge on any atom is -0.543 e. The van der Waals surface area contributed by atoms with Gasteiger partial charge in [0.2, 0.25) is 0 Å². The van der Waals surface area contributed by atoms with Crippen LogP contribution in [-0.2, 0) is 0 Å². The summed E-state index contributed by atoms with van der Waals surface area (Å²) in [6, 6.07) is 5.50. The number of thioether (sulfide) groups is 1. The van der Waals surface area contributed by atoms with Gasteiger partial charge in [0, 0.05) is 5.69 Å². The van der Waals surface area contributed by atoms with Crippen LogP contribution in [0.5, 0.6) is 0 Å². The summed E-state index contributed by atoms with van der Waals surface area (Å²) in [5, 5.41) is 11.4. The molecular weight excluding hydrogens is 243 g/mol. The molecule has 0 saturated carbocycles. The molecule has 6 heteroatoms. The van der Waals surface area contributed by atoms with E-state index in [1.165, 1.54) is 46.8 Å². The summed E-state index contributed by atoms with van der Waals surface area (Å²) in [6.07, 6.45) is 3.01. The third kappa shape index (κ3) is 2.16. The molecule has 0 N–H and O–H groups in total. The molecule has 0 radical (unpaired) electrons. The minimum absolute atomic E-state index is 0.0547. The number of carboxylic acids is 1. The van der Waals surface area contributed by atoms with Gasteiger partial charge in [0.25, 0.3) is 0 Å². The number of halogens is 1. The van der Waals surface area contributed by atoms with Crippen LogP contribution in [0, 0.1) is 5.82 Å². The predicted octanol–water partition coefficient (Wildman–Crippen LogP) is 1.10. The fourth-order valence-corrected chi connectivity index (χ4v) is 2.01. The maximum Gasteiger partial charge on any atom is 0.172 e. The van der Waals surface area contributed by atoms with Crippen molar-refractivity contribution in [3.8, 4) is 5.69 Å². The van der Waals surface area contributed by atoms with Crippen molar-refractivity contribution in [2.24, 2.45) is 0 Å². The highest BCUT2D eigenvalue weighted by Gasteiger charge is 2.11. The van der Waals surface area contributed by atoms with Gasteiger partial charge in [-0.05, 0) is 30.5 Å². The van der Waals surface area contributed by atoms with Crippen LogP contribution in [-0.4, -0.2) is 21.8 Å². The summed E-state index contributed by atoms with van der Waals surface area (Å²) in [4.78, 5) is 14.9. The van der Waals surface area contributed by atoms with Crippen LogP contribution in [0.25, 0.3) is 5.69 Å². The maximum atomic E-state index is 12.8. The van der Waals surface area contributed by atoms with Crippen molar-refractivity contribution in [2.75, 3.05) is 6.26 Å². The molecule has 17 heavy (non-hydrogen) atoms. The number of carbonyl (C=O) groups is 1. The summed E-state index contributed by atoms with van der Waals surface area (Å²) in [6.45, 7) is 0. The maximum absolute atomic E-state index is 12.8. The molecule has 4 nitrogen and oxygen atoms in total. The van der Waals surface area contributed by atoms with Crippen molar-refractivity contribution in [1.29, 1.82) is 0 Å². The summed E-state index contributed by atoms with van der Waals surface area (Å²) in [5.41, 5.74) is 0.480. The van der Waals surface area contributed by atoms with E-state index in [0.717, 1.165) is 0 Å². The van der Waals surface area contributed by atoms with Gasteiger partial charge in [-0.1, -0.05) is 11.8 Å². The van der Waals surface area contributed by atoms with Gasteiger partial charge in [0.15, 0.2) is 5.16 Å². The molecule has 0 fully saturated rings. The second-order valence-electron chi connectivity index (χ2n) is 3.23. The van der Waals surface area contributed by atoms with Crippen molar-refractivity contribution in [1.82, 2.24) is 9.55 Å². The molecule has 0 unspecified atom stereocenters. The van der Waals surface area contributed by atoms with E-state index in [1.54, 1.807) is 6.26 Å². The zero-order valence-electron chi connectivity index (χ0n) is 8.88. The molecule has 0 bridgehead atoms. The van der Waals surface area contributed by atoms with Crippen molar-refractivity contribution in [2.45, 2.75) is 5.16 Å². The highest BCUT2D eigenvalue weighted by atomic mass is 32.2. The summed E-state index contributed by atoms with van der Waals surface area (Å²) < 4.78 is 14.2. The number of aromatic carboxylic acids is 1. The number of aromatic nitrogens is 2. The second kappa shape index (κ2) is 4.58. The van der Waals surface area contributed by atoms with Crippen LogP contribution in [0.3, 0.4) is 0 Å². The first-order chi connectivity index (χ1) is 8.13. The normalized spacial score (nSPS) is 10.5. The van der Waals surface area contributed by atoms with Crippen LogP contribution in [0.4, 0.5) is 4.39 Å². The fourth-order valence-electron chi connectivity index (χ4n) is 1.46. The molecule has 2 aromatic rings. The molecule has 0 amide bonds. The van der Waals surface area contributed by atoms with E-state index in [1.807, 2.05) is 0 Å². The molecule has 0 atom stereocenters. The SMILES string of the molecule is CSc1ncc(C(=O)[O-])n1-c1ccc(F)cc1. The van der Waals surface area contributed by atoms with E-state index in [0.29, 0.717) is 10.8 Å². The Morgan fingerprint density at radius 3 is 2.59 bits per heavy atom. The van der Waals surface area contributed by atoms with E-state index >= 15 is 0 Å². The molecule has 0 saturated heterocycles. The summed E-state index contributed by atoms with van der Waals surface area (Å²) >= 11 is 1.30. The van der Waals surface area contributed by atoms with Crippen molar-refractivity contribution >= 4 is 17.7 Å². The van der Waals surface area contributed by atoms with E-state index in [9.17, 15) is 14.3 Å². The molecule has 1 heterocycles. The summed E-state index contributed by atoms with van der Waals surface area (Å²) in [7, 11) is 0. The molecular formula is C11H8FN2O2S-. The number of carbonyl (C=O) groups excluding carboxylic acids is 1. The smallest absolute Gasteiger partial charge is 0.172 e. The third-order valence-corrected chi connectivity index (χ3v) is 2.86. The van der Waals surface area contributed by atoms with Crippen molar-refractivity contribution in [3.05, 3.63) is 42.0 Å². The number of hydrogen-bond donors (Lipinski definition) is 0. The molecule has 0 aliphatic heterocycles. The monoisotopic (exact) mass is 251 g/mol. The second-order valence-corrected chi connectivity index (χ2v) is 4.00. The van der Waals surface area contributed by atoms with Gasteiger partial charge >= 0.3 is 0 Å². The standard InChI is InChI=1S/C11H9FN2O2S/c1-17-11-13-6-9(10(15)16)14(11)8-4-2-7(12)3-5-8/h2-6H,1H3,(H,15,16)/p-1. The Kier molecular flexibility index (Phi) is 3.14. The number of imidazole rings is 1. The number of nitrogens with zero attached hydrogens (tertiary/aromatic N) is 2. The van der Waals surface area contributed by atoms with Gasteiger partial charge in [-0.15, -0.1) is 0 Å². The lowest BCUT2D eigenvalue weighted by Crippen LogP contribution is -2.25. The first-order valence-corrected chi connectivity index (χ1v) is 5.95. The Hall–Kier alpha value is -1.82. The molecule has 0 aliphatic rings. The van der Waals surface area contributed by atoms with E-state index in [2.05, 4.69) is 4.98 Å². The van der Waals surface area contributed by atoms with Crippen LogP contribution < -0.4 is 5.11 Å². The van der Waals surface area contributed by atoms with Crippen molar-refractivity contribution in [3.63, 3.8) is 0 Å². The van der Waals surface area contributed by atoms with Crippen LogP contribution in [0.15, 0.2) is 35.6 Å². The number of hydrogen-bond acceptors (Lipinski definition) is 4. The summed E-state index contributed by atoms with van der Waals surface area (Å²) in [5.74, 6) is -1.70. The highest BCUT2D eigenvalue weighted by Crippen LogP contribution is 2.21. The van der Waals surface area contributed by atoms with E-state index in [-0.39, 0.29) is 11.5 Å². The zero-order valence-corrected chi connectivity index (χ0v) is 9.70. The molecule has 0 aliphatic carbocycles. The zero-order chi connectivity index (χ0) is 12.4. The van der Waals surface area contributed by atoms with Crippen LogP contribution in [0.2, 0.25) is 0 Å². The lowest BCUT2D eigenvalue weighted by molar-refractivity contribution is -0.255. The number of benzene rings is 1. The Balaban J connectivity index is 2.59. The fraction of sp³-hybridized carbons (Fsp3) is 0.0909. The van der Waals surface area contributed by atoms with Gasteiger partial charge in [0.05, 0.1) is 17.9 Å². The molecule has 0 spiro atoms. The van der Waals surface area contributed by atoms with E-state index < -0.39 is 5.97 Å². The largest absolute Gasteiger partial charge is 0.543 e.